The molecule has 0 aromatic carbocycles. The highest BCUT2D eigenvalue weighted by atomic mass is 32.2. The topological polar surface area (TPSA) is 93.3 Å². The summed E-state index contributed by atoms with van der Waals surface area (Å²) >= 11 is 1.52. The summed E-state index contributed by atoms with van der Waals surface area (Å²) in [5, 5.41) is 12.1. The summed E-state index contributed by atoms with van der Waals surface area (Å²) in [4.78, 5) is 24.6. The summed E-state index contributed by atoms with van der Waals surface area (Å²) in [5.41, 5.74) is 0. The lowest BCUT2D eigenvalue weighted by Crippen LogP contribution is -2.33. The van der Waals surface area contributed by atoms with E-state index in [1.807, 2.05) is 12.1 Å². The molecule has 1 N–H and O–H groups in total. The second kappa shape index (κ2) is 7.53. The first-order valence-electron chi connectivity index (χ1n) is 8.94. The van der Waals surface area contributed by atoms with Crippen LogP contribution in [0.5, 0.6) is 0 Å². The number of aromatic nitrogens is 3. The summed E-state index contributed by atoms with van der Waals surface area (Å²) in [7, 11) is 0. The van der Waals surface area contributed by atoms with Gasteiger partial charge in [-0.25, -0.2) is 4.79 Å². The predicted octanol–water partition coefficient (Wildman–Crippen LogP) is 2.69. The fraction of sp³-hybridized carbons (Fsp3) is 0.529. The second-order valence-corrected chi connectivity index (χ2v) is 7.56. The van der Waals surface area contributed by atoms with Gasteiger partial charge in [0, 0.05) is 18.3 Å². The molecule has 26 heavy (non-hydrogen) atoms. The van der Waals surface area contributed by atoms with Crippen LogP contribution in [0.15, 0.2) is 28.0 Å². The van der Waals surface area contributed by atoms with Crippen molar-refractivity contribution in [2.45, 2.75) is 43.3 Å². The molecule has 2 aromatic rings. The molecule has 9 heteroatoms. The van der Waals surface area contributed by atoms with Crippen LogP contribution in [0, 0.1) is 0 Å². The van der Waals surface area contributed by atoms with Crippen LogP contribution in [0.3, 0.4) is 0 Å². The van der Waals surface area contributed by atoms with E-state index in [0.29, 0.717) is 24.1 Å². The fourth-order valence-corrected chi connectivity index (χ4v) is 4.46. The Morgan fingerprint density at radius 3 is 2.77 bits per heavy atom. The van der Waals surface area contributed by atoms with E-state index in [1.165, 1.54) is 35.9 Å². The van der Waals surface area contributed by atoms with Gasteiger partial charge in [-0.1, -0.05) is 31.0 Å². The normalized spacial score (nSPS) is 18.5. The van der Waals surface area contributed by atoms with Gasteiger partial charge in [-0.2, -0.15) is 0 Å². The van der Waals surface area contributed by atoms with Gasteiger partial charge < -0.3 is 9.73 Å². The molecule has 4 rings (SSSR count). The maximum atomic E-state index is 11.7. The highest BCUT2D eigenvalue weighted by molar-refractivity contribution is 7.99. The van der Waals surface area contributed by atoms with Crippen molar-refractivity contribution in [3.63, 3.8) is 0 Å². The Bertz CT molecular complexity index is 766. The minimum absolute atomic E-state index is 0.0877. The number of nitrogens with one attached hydrogen (secondary N) is 1. The first kappa shape index (κ1) is 17.1. The van der Waals surface area contributed by atoms with E-state index < -0.39 is 0 Å². The Labute approximate surface area is 155 Å². The summed E-state index contributed by atoms with van der Waals surface area (Å²) in [6.45, 7) is 0.452. The maximum absolute atomic E-state index is 11.7. The Balaban J connectivity index is 1.51. The van der Waals surface area contributed by atoms with Gasteiger partial charge in [0.05, 0.1) is 12.8 Å². The lowest BCUT2D eigenvalue weighted by atomic mass is 9.95. The molecule has 1 saturated carbocycles. The van der Waals surface area contributed by atoms with Gasteiger partial charge in [-0.3, -0.25) is 14.3 Å². The summed E-state index contributed by atoms with van der Waals surface area (Å²) in [6.07, 6.45) is 7.52. The zero-order chi connectivity index (χ0) is 17.9. The average molecular weight is 375 g/mol. The number of carbonyl (C=O) groups is 2. The molecular formula is C17H21N5O3S. The quantitative estimate of drug-likeness (QED) is 0.616. The monoisotopic (exact) mass is 375 g/mol. The molecule has 0 bridgehead atoms. The number of urea groups is 1. The predicted molar refractivity (Wildman–Crippen MR) is 95.7 cm³/mol. The van der Waals surface area contributed by atoms with E-state index in [9.17, 15) is 9.59 Å². The molecule has 1 aliphatic carbocycles. The molecule has 1 saturated heterocycles. The van der Waals surface area contributed by atoms with Crippen molar-refractivity contribution in [1.29, 1.82) is 0 Å². The maximum Gasteiger partial charge on any atom is 0.324 e. The van der Waals surface area contributed by atoms with Gasteiger partial charge in [0.25, 0.3) is 0 Å². The third kappa shape index (κ3) is 3.35. The highest BCUT2D eigenvalue weighted by Crippen LogP contribution is 2.35. The van der Waals surface area contributed by atoms with Crippen LogP contribution in [-0.4, -0.2) is 50.4 Å². The zero-order valence-corrected chi connectivity index (χ0v) is 15.2. The van der Waals surface area contributed by atoms with Crippen molar-refractivity contribution in [2.75, 3.05) is 18.8 Å². The molecule has 3 heterocycles. The fourth-order valence-electron chi connectivity index (χ4n) is 3.53. The molecule has 0 radical (unpaired) electrons. The first-order chi connectivity index (χ1) is 12.7. The molecule has 2 aromatic heterocycles. The van der Waals surface area contributed by atoms with Gasteiger partial charge in [-0.05, 0) is 25.0 Å². The van der Waals surface area contributed by atoms with Crippen molar-refractivity contribution in [1.82, 2.24) is 25.0 Å². The van der Waals surface area contributed by atoms with Crippen LogP contribution in [0.25, 0.3) is 11.6 Å². The molecule has 3 amide bonds. The Morgan fingerprint density at radius 1 is 1.23 bits per heavy atom. The summed E-state index contributed by atoms with van der Waals surface area (Å²) < 4.78 is 7.71. The van der Waals surface area contributed by atoms with Crippen molar-refractivity contribution in [3.8, 4) is 11.6 Å². The lowest BCUT2D eigenvalue weighted by molar-refractivity contribution is -0.124. The van der Waals surface area contributed by atoms with Gasteiger partial charge in [0.1, 0.15) is 0 Å². The number of nitrogens with zero attached hydrogens (tertiary/aromatic N) is 4. The van der Waals surface area contributed by atoms with Crippen LogP contribution < -0.4 is 5.32 Å². The van der Waals surface area contributed by atoms with Crippen molar-refractivity contribution >= 4 is 23.7 Å². The Morgan fingerprint density at radius 2 is 2.08 bits per heavy atom. The third-order valence-electron chi connectivity index (χ3n) is 4.83. The standard InChI is InChI=1S/C17H21N5O3S/c23-14-11-18-16(24)21(14)8-10-26-17-20-19-15(13-7-4-9-25-13)22(17)12-5-2-1-3-6-12/h4,7,9,12H,1-3,5-6,8,10-11H2,(H,18,24). The molecule has 8 nitrogen and oxygen atoms in total. The number of rotatable bonds is 6. The minimum atomic E-state index is -0.319. The van der Waals surface area contributed by atoms with Crippen LogP contribution in [0.2, 0.25) is 0 Å². The van der Waals surface area contributed by atoms with Gasteiger partial charge in [-0.15, -0.1) is 10.2 Å². The lowest BCUT2D eigenvalue weighted by Gasteiger charge is -2.25. The third-order valence-corrected chi connectivity index (χ3v) is 5.75. The zero-order valence-electron chi connectivity index (χ0n) is 14.4. The van der Waals surface area contributed by atoms with Crippen molar-refractivity contribution in [2.24, 2.45) is 0 Å². The molecule has 0 spiro atoms. The van der Waals surface area contributed by atoms with Crippen LogP contribution in [0.1, 0.15) is 38.1 Å². The van der Waals surface area contributed by atoms with E-state index in [0.717, 1.165) is 23.8 Å². The number of amides is 3. The Kier molecular flexibility index (Phi) is 4.96. The average Bonchev–Trinajstić information content (AvgIpc) is 3.38. The van der Waals surface area contributed by atoms with Gasteiger partial charge >= 0.3 is 6.03 Å². The van der Waals surface area contributed by atoms with Crippen LogP contribution in [0.4, 0.5) is 4.79 Å². The number of thioether (sulfide) groups is 1. The molecule has 0 unspecified atom stereocenters. The van der Waals surface area contributed by atoms with Crippen LogP contribution >= 0.6 is 11.8 Å². The molecular weight excluding hydrogens is 354 g/mol. The number of furan rings is 1. The van der Waals surface area contributed by atoms with Crippen LogP contribution in [-0.2, 0) is 4.79 Å². The van der Waals surface area contributed by atoms with E-state index in [2.05, 4.69) is 20.1 Å². The molecule has 0 atom stereocenters. The SMILES string of the molecule is O=C1CNC(=O)N1CCSc1nnc(-c2ccco2)n1C1CCCCC1. The second-order valence-electron chi connectivity index (χ2n) is 6.50. The first-order valence-corrected chi connectivity index (χ1v) is 9.92. The number of hydrogen-bond acceptors (Lipinski definition) is 6. The molecule has 2 fully saturated rings. The molecule has 138 valence electrons. The number of hydrogen-bond donors (Lipinski definition) is 1. The van der Waals surface area contributed by atoms with E-state index >= 15 is 0 Å². The smallest absolute Gasteiger partial charge is 0.324 e. The summed E-state index contributed by atoms with van der Waals surface area (Å²) in [5.74, 6) is 1.87. The van der Waals surface area contributed by atoms with Gasteiger partial charge in [0.15, 0.2) is 10.9 Å². The van der Waals surface area contributed by atoms with E-state index in [1.54, 1.807) is 6.26 Å². The van der Waals surface area contributed by atoms with E-state index in [4.69, 9.17) is 4.42 Å². The van der Waals surface area contributed by atoms with E-state index in [-0.39, 0.29) is 18.5 Å². The molecule has 1 aliphatic heterocycles. The van der Waals surface area contributed by atoms with Crippen molar-refractivity contribution < 1.29 is 14.0 Å². The van der Waals surface area contributed by atoms with Gasteiger partial charge in [0.2, 0.25) is 11.7 Å². The summed E-state index contributed by atoms with van der Waals surface area (Å²) in [6, 6.07) is 3.78. The number of carbonyl (C=O) groups excluding carboxylic acids is 2. The molecule has 2 aliphatic rings. The van der Waals surface area contributed by atoms with Crippen molar-refractivity contribution in [3.05, 3.63) is 18.4 Å². The Hall–Kier alpha value is -2.29. The highest BCUT2D eigenvalue weighted by Gasteiger charge is 2.29. The largest absolute Gasteiger partial charge is 0.461 e. The number of imide groups is 1. The minimum Gasteiger partial charge on any atom is -0.461 e.